The maximum absolute atomic E-state index is 4.79. The quantitative estimate of drug-likeness (QED) is 0.862. The third-order valence-corrected chi connectivity index (χ3v) is 5.80. The van der Waals surface area contributed by atoms with Gasteiger partial charge in [0.2, 0.25) is 0 Å². The summed E-state index contributed by atoms with van der Waals surface area (Å²) in [5.41, 5.74) is 2.09. The molecule has 0 saturated heterocycles. The normalized spacial score (nSPS) is 26.1. The first-order valence-electron chi connectivity index (χ1n) is 7.08. The van der Waals surface area contributed by atoms with E-state index in [1.54, 1.807) is 4.88 Å². The summed E-state index contributed by atoms with van der Waals surface area (Å²) < 4.78 is 0. The number of hydrogen-bond donors (Lipinski definition) is 1. The van der Waals surface area contributed by atoms with Gasteiger partial charge >= 0.3 is 0 Å². The lowest BCUT2D eigenvalue weighted by atomic mass is 9.74. The Kier molecular flexibility index (Phi) is 2.26. The van der Waals surface area contributed by atoms with Crippen LogP contribution in [-0.4, -0.2) is 11.0 Å². The van der Waals surface area contributed by atoms with Gasteiger partial charge in [-0.2, -0.15) is 0 Å². The van der Waals surface area contributed by atoms with Crippen molar-refractivity contribution in [2.45, 2.75) is 63.8 Å². The van der Waals surface area contributed by atoms with Crippen LogP contribution in [0.15, 0.2) is 0 Å². The van der Waals surface area contributed by atoms with Crippen molar-refractivity contribution >= 4 is 16.5 Å². The van der Waals surface area contributed by atoms with E-state index in [2.05, 4.69) is 5.32 Å². The lowest BCUT2D eigenvalue weighted by molar-refractivity contribution is 0.256. The topological polar surface area (TPSA) is 24.9 Å². The number of nitrogens with one attached hydrogen (secondary N) is 1. The minimum absolute atomic E-state index is 0.677. The van der Waals surface area contributed by atoms with Gasteiger partial charge in [-0.3, -0.25) is 0 Å². The number of aryl methyl sites for hydroxylation is 1. The molecule has 0 aliphatic heterocycles. The highest BCUT2D eigenvalue weighted by Crippen LogP contribution is 2.49. The van der Waals surface area contributed by atoms with Gasteiger partial charge in [-0.1, -0.05) is 12.8 Å². The van der Waals surface area contributed by atoms with Gasteiger partial charge in [0.1, 0.15) is 0 Å². The van der Waals surface area contributed by atoms with Crippen LogP contribution in [0.5, 0.6) is 0 Å². The van der Waals surface area contributed by atoms with E-state index >= 15 is 0 Å². The Balaban J connectivity index is 1.56. The van der Waals surface area contributed by atoms with Crippen molar-refractivity contribution in [2.75, 3.05) is 5.32 Å². The molecule has 3 aliphatic carbocycles. The molecule has 0 atom stereocenters. The lowest BCUT2D eigenvalue weighted by Gasteiger charge is -2.32. The van der Waals surface area contributed by atoms with Gasteiger partial charge in [0.15, 0.2) is 5.13 Å². The molecule has 3 aliphatic rings. The number of thiazole rings is 1. The zero-order valence-corrected chi connectivity index (χ0v) is 11.1. The number of rotatable bonds is 2. The van der Waals surface area contributed by atoms with E-state index in [1.807, 2.05) is 11.3 Å². The molecule has 2 fully saturated rings. The van der Waals surface area contributed by atoms with E-state index in [0.717, 1.165) is 6.04 Å². The first kappa shape index (κ1) is 10.4. The average molecular weight is 248 g/mol. The molecule has 3 heteroatoms. The van der Waals surface area contributed by atoms with Crippen LogP contribution in [0.2, 0.25) is 0 Å². The van der Waals surface area contributed by atoms with Gasteiger partial charge in [-0.25, -0.2) is 4.98 Å². The van der Waals surface area contributed by atoms with E-state index in [0.29, 0.717) is 5.41 Å². The molecule has 0 radical (unpaired) electrons. The van der Waals surface area contributed by atoms with Gasteiger partial charge in [0.25, 0.3) is 0 Å². The average Bonchev–Trinajstić information content (AvgIpc) is 2.88. The fraction of sp³-hybridized carbons (Fsp3) is 0.786. The molecular formula is C14H20N2S. The zero-order valence-electron chi connectivity index (χ0n) is 10.3. The van der Waals surface area contributed by atoms with Gasteiger partial charge in [-0.15, -0.1) is 11.3 Å². The molecule has 1 spiro atoms. The Morgan fingerprint density at radius 1 is 1.18 bits per heavy atom. The Morgan fingerprint density at radius 3 is 2.76 bits per heavy atom. The maximum Gasteiger partial charge on any atom is 0.183 e. The molecule has 1 N–H and O–H groups in total. The molecule has 92 valence electrons. The molecular weight excluding hydrogens is 228 g/mol. The minimum Gasteiger partial charge on any atom is -0.359 e. The summed E-state index contributed by atoms with van der Waals surface area (Å²) in [7, 11) is 0. The SMILES string of the molecule is C1CCC2(C1)CCc1nc(NC3CC3)sc1C2. The Hall–Kier alpha value is -0.570. The molecule has 1 aromatic rings. The predicted molar refractivity (Wildman–Crippen MR) is 71.7 cm³/mol. The zero-order chi connectivity index (χ0) is 11.3. The van der Waals surface area contributed by atoms with Gasteiger partial charge in [-0.05, 0) is 50.4 Å². The van der Waals surface area contributed by atoms with Crippen molar-refractivity contribution < 1.29 is 0 Å². The smallest absolute Gasteiger partial charge is 0.183 e. The fourth-order valence-corrected chi connectivity index (χ4v) is 4.80. The number of fused-ring (bicyclic) bond motifs is 1. The van der Waals surface area contributed by atoms with Crippen LogP contribution in [0.25, 0.3) is 0 Å². The Labute approximate surface area is 107 Å². The second-order valence-electron chi connectivity index (χ2n) is 6.19. The van der Waals surface area contributed by atoms with Gasteiger partial charge < -0.3 is 5.32 Å². The third kappa shape index (κ3) is 1.88. The first-order chi connectivity index (χ1) is 8.33. The van der Waals surface area contributed by atoms with Crippen molar-refractivity contribution in [1.82, 2.24) is 4.98 Å². The fourth-order valence-electron chi connectivity index (χ4n) is 3.55. The molecule has 1 heterocycles. The highest BCUT2D eigenvalue weighted by molar-refractivity contribution is 7.15. The second kappa shape index (κ2) is 3.71. The first-order valence-corrected chi connectivity index (χ1v) is 7.90. The standard InChI is InChI=1S/C14H20N2S/c1-2-7-14(6-1)8-5-11-12(9-14)17-13(16-11)15-10-3-4-10/h10H,1-9H2,(H,15,16). The number of nitrogens with zero attached hydrogens (tertiary/aromatic N) is 1. The molecule has 0 bridgehead atoms. The van der Waals surface area contributed by atoms with E-state index < -0.39 is 0 Å². The van der Waals surface area contributed by atoms with Crippen molar-refractivity contribution in [3.63, 3.8) is 0 Å². The summed E-state index contributed by atoms with van der Waals surface area (Å²) in [6.45, 7) is 0. The summed E-state index contributed by atoms with van der Waals surface area (Å²) in [6.07, 6.45) is 12.5. The summed E-state index contributed by atoms with van der Waals surface area (Å²) in [4.78, 5) is 6.39. The largest absolute Gasteiger partial charge is 0.359 e. The minimum atomic E-state index is 0.677. The van der Waals surface area contributed by atoms with Crippen LogP contribution in [-0.2, 0) is 12.8 Å². The number of hydrogen-bond acceptors (Lipinski definition) is 3. The van der Waals surface area contributed by atoms with Crippen LogP contribution >= 0.6 is 11.3 Å². The lowest BCUT2D eigenvalue weighted by Crippen LogP contribution is -2.24. The van der Waals surface area contributed by atoms with E-state index in [1.165, 1.54) is 68.6 Å². The molecule has 1 aromatic heterocycles. The molecule has 17 heavy (non-hydrogen) atoms. The summed E-state index contributed by atoms with van der Waals surface area (Å²) >= 11 is 1.94. The molecule has 2 saturated carbocycles. The van der Waals surface area contributed by atoms with Crippen LogP contribution in [0, 0.1) is 5.41 Å². The highest BCUT2D eigenvalue weighted by atomic mass is 32.1. The molecule has 0 unspecified atom stereocenters. The summed E-state index contributed by atoms with van der Waals surface area (Å²) in [6, 6.07) is 0.739. The third-order valence-electron chi connectivity index (χ3n) is 4.78. The van der Waals surface area contributed by atoms with Crippen LogP contribution in [0.1, 0.15) is 55.5 Å². The molecule has 0 aromatic carbocycles. The second-order valence-corrected chi connectivity index (χ2v) is 7.28. The van der Waals surface area contributed by atoms with Crippen molar-refractivity contribution in [3.8, 4) is 0 Å². The summed E-state index contributed by atoms with van der Waals surface area (Å²) in [5.74, 6) is 0. The van der Waals surface area contributed by atoms with E-state index in [4.69, 9.17) is 4.98 Å². The van der Waals surface area contributed by atoms with Crippen molar-refractivity contribution in [2.24, 2.45) is 5.41 Å². The molecule has 4 rings (SSSR count). The van der Waals surface area contributed by atoms with Crippen LogP contribution < -0.4 is 5.32 Å². The number of anilines is 1. The van der Waals surface area contributed by atoms with Crippen LogP contribution in [0.3, 0.4) is 0 Å². The Bertz CT molecular complexity index is 427. The van der Waals surface area contributed by atoms with Crippen molar-refractivity contribution in [1.29, 1.82) is 0 Å². The molecule has 0 amide bonds. The van der Waals surface area contributed by atoms with E-state index in [-0.39, 0.29) is 0 Å². The van der Waals surface area contributed by atoms with Crippen LogP contribution in [0.4, 0.5) is 5.13 Å². The predicted octanol–water partition coefficient (Wildman–Crippen LogP) is 3.77. The van der Waals surface area contributed by atoms with Gasteiger partial charge in [0.05, 0.1) is 5.69 Å². The Morgan fingerprint density at radius 2 is 2.00 bits per heavy atom. The highest BCUT2D eigenvalue weighted by Gasteiger charge is 2.38. The summed E-state index contributed by atoms with van der Waals surface area (Å²) in [5, 5.41) is 4.76. The number of aromatic nitrogens is 1. The maximum atomic E-state index is 4.79. The molecule has 2 nitrogen and oxygen atoms in total. The van der Waals surface area contributed by atoms with Crippen molar-refractivity contribution in [3.05, 3.63) is 10.6 Å². The van der Waals surface area contributed by atoms with E-state index in [9.17, 15) is 0 Å². The monoisotopic (exact) mass is 248 g/mol. The van der Waals surface area contributed by atoms with Gasteiger partial charge in [0, 0.05) is 10.9 Å².